The molecular formula is C23H25F3N2O4. The number of alkyl halides is 3. The zero-order chi connectivity index (χ0) is 23.8. The molecule has 6 nitrogen and oxygen atoms in total. The summed E-state index contributed by atoms with van der Waals surface area (Å²) in [5.41, 5.74) is -1.04. The van der Waals surface area contributed by atoms with Crippen LogP contribution in [0.5, 0.6) is 0 Å². The fraction of sp³-hybridized carbons (Fsp3) is 0.391. The molecule has 3 rings (SSSR count). The Kier molecular flexibility index (Phi) is 6.24. The lowest BCUT2D eigenvalue weighted by Crippen LogP contribution is -2.36. The predicted octanol–water partition coefficient (Wildman–Crippen LogP) is 5.12. The second-order valence-electron chi connectivity index (χ2n) is 8.46. The molecule has 0 atom stereocenters. The summed E-state index contributed by atoms with van der Waals surface area (Å²) in [6, 6.07) is 8.60. The van der Waals surface area contributed by atoms with Crippen LogP contribution in [-0.2, 0) is 24.1 Å². The van der Waals surface area contributed by atoms with Crippen LogP contribution in [0.15, 0.2) is 36.4 Å². The highest BCUT2D eigenvalue weighted by molar-refractivity contribution is 6.10. The average Bonchev–Trinajstić information content (AvgIpc) is 3.02. The van der Waals surface area contributed by atoms with Gasteiger partial charge in [0, 0.05) is 23.5 Å². The van der Waals surface area contributed by atoms with Crippen molar-refractivity contribution in [1.82, 2.24) is 0 Å². The minimum absolute atomic E-state index is 0.0158. The van der Waals surface area contributed by atoms with Gasteiger partial charge in [-0.15, -0.1) is 0 Å². The van der Waals surface area contributed by atoms with Crippen molar-refractivity contribution in [3.05, 3.63) is 58.7 Å². The summed E-state index contributed by atoms with van der Waals surface area (Å²) in [6.07, 6.45) is -5.23. The molecule has 0 aliphatic carbocycles. The van der Waals surface area contributed by atoms with Gasteiger partial charge < -0.3 is 14.7 Å². The molecule has 0 radical (unpaired) electrons. The molecule has 0 unspecified atom stereocenters. The van der Waals surface area contributed by atoms with Gasteiger partial charge in [0.05, 0.1) is 18.7 Å². The minimum Gasteiger partial charge on any atom is -0.443 e. The zero-order valence-electron chi connectivity index (χ0n) is 18.3. The molecule has 0 bridgehead atoms. The first kappa shape index (κ1) is 23.6. The van der Waals surface area contributed by atoms with Crippen LogP contribution in [0, 0.1) is 0 Å². The van der Waals surface area contributed by atoms with E-state index in [1.165, 1.54) is 15.9 Å². The van der Waals surface area contributed by atoms with Gasteiger partial charge in [-0.3, -0.25) is 9.69 Å². The first-order valence-corrected chi connectivity index (χ1v) is 10.1. The number of carbonyl (C=O) groups is 2. The van der Waals surface area contributed by atoms with Crippen molar-refractivity contribution in [3.63, 3.8) is 0 Å². The fourth-order valence-corrected chi connectivity index (χ4v) is 3.58. The molecule has 2 amide bonds. The summed E-state index contributed by atoms with van der Waals surface area (Å²) in [6.45, 7) is 6.41. The van der Waals surface area contributed by atoms with Gasteiger partial charge in [-0.25, -0.2) is 4.79 Å². The number of fused-ring (bicyclic) bond motifs is 1. The Balaban J connectivity index is 1.98. The number of aliphatic hydroxyl groups is 1. The molecule has 0 aromatic heterocycles. The van der Waals surface area contributed by atoms with E-state index in [2.05, 4.69) is 0 Å². The molecule has 1 N–H and O–H groups in total. The van der Waals surface area contributed by atoms with Crippen molar-refractivity contribution >= 4 is 23.4 Å². The molecule has 1 aliphatic heterocycles. The number of hydrogen-bond donors (Lipinski definition) is 1. The van der Waals surface area contributed by atoms with Gasteiger partial charge in [-0.05, 0) is 69.2 Å². The maximum Gasteiger partial charge on any atom is 0.416 e. The summed E-state index contributed by atoms with van der Waals surface area (Å²) in [5, 5.41) is 9.34. The molecular weight excluding hydrogens is 425 g/mol. The van der Waals surface area contributed by atoms with Gasteiger partial charge >= 0.3 is 12.3 Å². The van der Waals surface area contributed by atoms with Gasteiger partial charge in [0.25, 0.3) is 5.91 Å². The Morgan fingerprint density at radius 2 is 1.88 bits per heavy atom. The molecule has 1 heterocycles. The first-order chi connectivity index (χ1) is 14.9. The number of hydrogen-bond acceptors (Lipinski definition) is 4. The predicted molar refractivity (Wildman–Crippen MR) is 114 cm³/mol. The highest BCUT2D eigenvalue weighted by Gasteiger charge is 2.40. The molecule has 9 heteroatoms. The van der Waals surface area contributed by atoms with Gasteiger partial charge in [-0.2, -0.15) is 13.2 Å². The fourth-order valence-electron chi connectivity index (χ4n) is 3.58. The lowest BCUT2D eigenvalue weighted by atomic mass is 9.99. The van der Waals surface area contributed by atoms with Crippen molar-refractivity contribution in [1.29, 1.82) is 0 Å². The highest BCUT2D eigenvalue weighted by Crippen LogP contribution is 2.40. The van der Waals surface area contributed by atoms with Crippen LogP contribution < -0.4 is 9.80 Å². The van der Waals surface area contributed by atoms with Crippen molar-refractivity contribution in [3.8, 4) is 0 Å². The summed E-state index contributed by atoms with van der Waals surface area (Å²) in [4.78, 5) is 28.2. The third-order valence-corrected chi connectivity index (χ3v) is 4.97. The van der Waals surface area contributed by atoms with E-state index in [1.54, 1.807) is 52.0 Å². The number of ether oxygens (including phenoxy) is 1. The van der Waals surface area contributed by atoms with Crippen LogP contribution in [0.4, 0.5) is 29.3 Å². The third-order valence-electron chi connectivity index (χ3n) is 4.97. The van der Waals surface area contributed by atoms with Crippen LogP contribution in [-0.4, -0.2) is 29.3 Å². The maximum atomic E-state index is 13.6. The average molecular weight is 450 g/mol. The van der Waals surface area contributed by atoms with E-state index in [1.807, 2.05) is 0 Å². The summed E-state index contributed by atoms with van der Waals surface area (Å²) in [5.74, 6) is -0.599. The van der Waals surface area contributed by atoms with Crippen LogP contribution in [0.2, 0.25) is 0 Å². The smallest absolute Gasteiger partial charge is 0.416 e. The van der Waals surface area contributed by atoms with E-state index in [0.29, 0.717) is 17.9 Å². The molecule has 0 fully saturated rings. The maximum absolute atomic E-state index is 13.6. The molecule has 1 aliphatic rings. The third kappa shape index (κ3) is 4.72. The van der Waals surface area contributed by atoms with Crippen LogP contribution in [0.25, 0.3) is 0 Å². The van der Waals surface area contributed by atoms with E-state index in [9.17, 15) is 27.9 Å². The van der Waals surface area contributed by atoms with E-state index < -0.39 is 35.9 Å². The monoisotopic (exact) mass is 450 g/mol. The Morgan fingerprint density at radius 3 is 2.44 bits per heavy atom. The van der Waals surface area contributed by atoms with Crippen LogP contribution in [0.1, 0.15) is 54.7 Å². The second-order valence-corrected chi connectivity index (χ2v) is 8.46. The number of anilines is 2. The summed E-state index contributed by atoms with van der Waals surface area (Å²) >= 11 is 0. The molecule has 32 heavy (non-hydrogen) atoms. The van der Waals surface area contributed by atoms with E-state index in [0.717, 1.165) is 6.07 Å². The van der Waals surface area contributed by atoms with Gasteiger partial charge in [0.1, 0.15) is 5.60 Å². The molecule has 0 saturated carbocycles. The first-order valence-electron chi connectivity index (χ1n) is 10.1. The number of aliphatic hydroxyl groups excluding tert-OH is 1. The number of rotatable bonds is 4. The molecule has 2 aromatic carbocycles. The summed E-state index contributed by atoms with van der Waals surface area (Å²) < 4.78 is 46.2. The number of benzene rings is 2. The van der Waals surface area contributed by atoms with Crippen LogP contribution >= 0.6 is 0 Å². The van der Waals surface area contributed by atoms with Gasteiger partial charge in [0.15, 0.2) is 0 Å². The zero-order valence-corrected chi connectivity index (χ0v) is 18.3. The van der Waals surface area contributed by atoms with E-state index in [4.69, 9.17) is 4.74 Å². The lowest BCUT2D eigenvalue weighted by molar-refractivity contribution is -0.138. The van der Waals surface area contributed by atoms with E-state index >= 15 is 0 Å². The Labute approximate surface area is 184 Å². The molecule has 172 valence electrons. The Hall–Kier alpha value is -3.07. The van der Waals surface area contributed by atoms with Crippen LogP contribution in [0.3, 0.4) is 0 Å². The van der Waals surface area contributed by atoms with Crippen molar-refractivity contribution in [2.24, 2.45) is 0 Å². The standard InChI is InChI=1S/C23H25F3N2O4/c1-5-27(21(31)32-22(2,3)4)15-7-6-8-16(11-15)28-12-18-17(20(28)30)9-14(13-29)10-19(18)23(24,25)26/h6-11,29H,5,12-13H2,1-4H3. The quantitative estimate of drug-likeness (QED) is 0.702. The SMILES string of the molecule is CCN(C(=O)OC(C)(C)C)c1cccc(N2Cc3c(cc(CO)cc3C(F)(F)F)C2=O)c1. The number of halogens is 3. The number of carbonyl (C=O) groups excluding carboxylic acids is 2. The van der Waals surface area contributed by atoms with E-state index in [-0.39, 0.29) is 23.2 Å². The van der Waals surface area contributed by atoms with Crippen molar-refractivity contribution in [2.75, 3.05) is 16.3 Å². The topological polar surface area (TPSA) is 70.1 Å². The Morgan fingerprint density at radius 1 is 1.19 bits per heavy atom. The molecule has 2 aromatic rings. The molecule has 0 saturated heterocycles. The van der Waals surface area contributed by atoms with Gasteiger partial charge in [-0.1, -0.05) is 6.07 Å². The lowest BCUT2D eigenvalue weighted by Gasteiger charge is -2.27. The highest BCUT2D eigenvalue weighted by atomic mass is 19.4. The number of amides is 2. The minimum atomic E-state index is -4.66. The van der Waals surface area contributed by atoms with Crippen molar-refractivity contribution < 1.29 is 32.6 Å². The number of nitrogens with zero attached hydrogens (tertiary/aromatic N) is 2. The Bertz CT molecular complexity index is 1040. The summed E-state index contributed by atoms with van der Waals surface area (Å²) in [7, 11) is 0. The largest absolute Gasteiger partial charge is 0.443 e. The van der Waals surface area contributed by atoms with Crippen molar-refractivity contribution in [2.45, 2.75) is 52.6 Å². The second kappa shape index (κ2) is 8.46. The van der Waals surface area contributed by atoms with Gasteiger partial charge in [0.2, 0.25) is 0 Å². The normalized spacial score (nSPS) is 13.9. The molecule has 0 spiro atoms.